The fourth-order valence-corrected chi connectivity index (χ4v) is 3.22. The number of nitrogens with zero attached hydrogens (tertiary/aromatic N) is 1. The molecule has 0 saturated carbocycles. The zero-order chi connectivity index (χ0) is 12.4. The van der Waals surface area contributed by atoms with E-state index in [2.05, 4.69) is 4.99 Å². The van der Waals surface area contributed by atoms with Gasteiger partial charge in [0, 0.05) is 6.42 Å². The van der Waals surface area contributed by atoms with Gasteiger partial charge in [-0.3, -0.25) is 4.79 Å². The third kappa shape index (κ3) is 2.62. The summed E-state index contributed by atoms with van der Waals surface area (Å²) in [5.41, 5.74) is 0.445. The molecule has 1 aliphatic heterocycles. The van der Waals surface area contributed by atoms with Gasteiger partial charge in [-0.1, -0.05) is 22.6 Å². The molecule has 0 amide bonds. The van der Waals surface area contributed by atoms with E-state index in [1.54, 1.807) is 36.6 Å². The molecule has 2 N–H and O–H groups in total. The number of carbonyl (C=O) groups is 1. The minimum absolute atomic E-state index is 0.00540. The number of phenols is 1. The molecule has 2 unspecified atom stereocenters. The molecule has 0 fully saturated rings. The van der Waals surface area contributed by atoms with E-state index >= 15 is 0 Å². The molecule has 17 heavy (non-hydrogen) atoms. The maximum atomic E-state index is 11.6. The van der Waals surface area contributed by atoms with E-state index in [9.17, 15) is 15.0 Å². The molecule has 2 atom stereocenters. The molecule has 1 aliphatic rings. The molecule has 2 rings (SSSR count). The van der Waals surface area contributed by atoms with Crippen LogP contribution in [0.1, 0.15) is 13.3 Å². The Bertz CT molecular complexity index is 522. The normalized spacial score (nSPS) is 24.8. The van der Waals surface area contributed by atoms with Crippen LogP contribution in [0.3, 0.4) is 0 Å². The molecular formula is C12H13NO3S. The number of phenolic OH excluding ortho intramolecular Hbond substituents is 1. The highest BCUT2D eigenvalue weighted by Gasteiger charge is 2.22. The third-order valence-corrected chi connectivity index (χ3v) is 4.36. The lowest BCUT2D eigenvalue weighted by molar-refractivity contribution is -0.111. The molecule has 0 saturated heterocycles. The summed E-state index contributed by atoms with van der Waals surface area (Å²) < 4.78 is 0. The Balaban J connectivity index is 2.32. The largest absolute Gasteiger partial charge is 0.506 e. The number of hydrogen-bond acceptors (Lipinski definition) is 4. The number of hydrogen-bond donors (Lipinski definition) is 2. The van der Waals surface area contributed by atoms with Crippen molar-refractivity contribution in [1.82, 2.24) is 0 Å². The number of para-hydroxylation sites is 2. The van der Waals surface area contributed by atoms with Gasteiger partial charge in [-0.25, -0.2) is 4.99 Å². The van der Waals surface area contributed by atoms with Gasteiger partial charge in [-0.15, -0.1) is 0 Å². The van der Waals surface area contributed by atoms with Crippen LogP contribution in [0.5, 0.6) is 5.75 Å². The van der Waals surface area contributed by atoms with Crippen molar-refractivity contribution >= 4 is 31.7 Å². The SMILES string of the molecule is CC(=Nc1ccccc1O)S1=CC(O)CC1=O. The van der Waals surface area contributed by atoms with E-state index < -0.39 is 16.6 Å². The third-order valence-electron chi connectivity index (χ3n) is 2.39. The maximum absolute atomic E-state index is 11.6. The first kappa shape index (κ1) is 12.0. The van der Waals surface area contributed by atoms with E-state index in [1.165, 1.54) is 0 Å². The molecule has 0 bridgehead atoms. The number of aliphatic hydroxyl groups is 1. The minimum atomic E-state index is -0.731. The summed E-state index contributed by atoms with van der Waals surface area (Å²) in [4.78, 5) is 15.8. The Kier molecular flexibility index (Phi) is 3.40. The average Bonchev–Trinajstić information content (AvgIpc) is 2.61. The molecule has 0 radical (unpaired) electrons. The Labute approximate surface area is 102 Å². The monoisotopic (exact) mass is 251 g/mol. The van der Waals surface area contributed by atoms with Crippen LogP contribution < -0.4 is 0 Å². The highest BCUT2D eigenvalue weighted by Crippen LogP contribution is 2.31. The van der Waals surface area contributed by atoms with E-state index in [0.717, 1.165) is 0 Å². The number of aliphatic hydroxyl groups excluding tert-OH is 1. The number of carbonyl (C=O) groups excluding carboxylic acids is 1. The lowest BCUT2D eigenvalue weighted by Gasteiger charge is -2.03. The maximum Gasteiger partial charge on any atom is 0.191 e. The van der Waals surface area contributed by atoms with Gasteiger partial charge in [-0.05, 0) is 24.4 Å². The van der Waals surface area contributed by atoms with Crippen LogP contribution in [0.15, 0.2) is 29.3 Å². The molecule has 90 valence electrons. The van der Waals surface area contributed by atoms with Crippen molar-refractivity contribution in [1.29, 1.82) is 0 Å². The van der Waals surface area contributed by atoms with Gasteiger partial charge in [0.15, 0.2) is 5.12 Å². The molecule has 0 aliphatic carbocycles. The van der Waals surface area contributed by atoms with E-state index in [4.69, 9.17) is 0 Å². The molecule has 5 heteroatoms. The quantitative estimate of drug-likeness (QED) is 0.454. The van der Waals surface area contributed by atoms with Gasteiger partial charge >= 0.3 is 0 Å². The smallest absolute Gasteiger partial charge is 0.191 e. The standard InChI is InChI=1S/C12H13NO3S/c1-8(17-7-9(14)6-12(17)16)13-10-4-2-3-5-11(10)15/h2-5,7,9,14-15H,6H2,1H3. The summed E-state index contributed by atoms with van der Waals surface area (Å²) in [7, 11) is -0.731. The van der Waals surface area contributed by atoms with Gasteiger partial charge in [0.2, 0.25) is 0 Å². The zero-order valence-corrected chi connectivity index (χ0v) is 10.1. The van der Waals surface area contributed by atoms with Crippen molar-refractivity contribution in [2.45, 2.75) is 19.4 Å². The van der Waals surface area contributed by atoms with Gasteiger partial charge in [-0.2, -0.15) is 0 Å². The van der Waals surface area contributed by atoms with Crippen LogP contribution in [0, 0.1) is 0 Å². The molecule has 0 aromatic heterocycles. The molecule has 1 heterocycles. The van der Waals surface area contributed by atoms with Crippen molar-refractivity contribution in [3.05, 3.63) is 24.3 Å². The predicted octanol–water partition coefficient (Wildman–Crippen LogP) is 1.80. The molecule has 4 nitrogen and oxygen atoms in total. The topological polar surface area (TPSA) is 69.9 Å². The second-order valence-corrected chi connectivity index (χ2v) is 5.73. The van der Waals surface area contributed by atoms with Crippen LogP contribution in [0.4, 0.5) is 5.69 Å². The van der Waals surface area contributed by atoms with Gasteiger partial charge < -0.3 is 10.2 Å². The van der Waals surface area contributed by atoms with E-state index in [1.807, 2.05) is 0 Å². The van der Waals surface area contributed by atoms with E-state index in [0.29, 0.717) is 10.7 Å². The lowest BCUT2D eigenvalue weighted by atomic mass is 10.3. The summed E-state index contributed by atoms with van der Waals surface area (Å²) in [6, 6.07) is 6.70. The number of benzene rings is 1. The first-order valence-corrected chi connectivity index (χ1v) is 6.49. The highest BCUT2D eigenvalue weighted by atomic mass is 32.2. The molecule has 1 aromatic carbocycles. The van der Waals surface area contributed by atoms with Crippen molar-refractivity contribution in [3.63, 3.8) is 0 Å². The van der Waals surface area contributed by atoms with Crippen LogP contribution in [0.2, 0.25) is 0 Å². The molecule has 1 aromatic rings. The first-order valence-electron chi connectivity index (χ1n) is 5.20. The van der Waals surface area contributed by atoms with Crippen molar-refractivity contribution in [2.75, 3.05) is 0 Å². The summed E-state index contributed by atoms with van der Waals surface area (Å²) in [6.07, 6.45) is -0.503. The molecule has 0 spiro atoms. The number of rotatable bonds is 1. The highest BCUT2D eigenvalue weighted by molar-refractivity contribution is 8.39. The first-order chi connectivity index (χ1) is 8.08. The fourth-order valence-electron chi connectivity index (χ4n) is 1.58. The van der Waals surface area contributed by atoms with Crippen LogP contribution in [-0.2, 0) is 4.79 Å². The Hall–Kier alpha value is -1.46. The Morgan fingerprint density at radius 2 is 2.18 bits per heavy atom. The van der Waals surface area contributed by atoms with Gasteiger partial charge in [0.25, 0.3) is 0 Å². The van der Waals surface area contributed by atoms with Gasteiger partial charge in [0.1, 0.15) is 11.4 Å². The predicted molar refractivity (Wildman–Crippen MR) is 70.2 cm³/mol. The zero-order valence-electron chi connectivity index (χ0n) is 9.33. The van der Waals surface area contributed by atoms with Crippen LogP contribution >= 0.6 is 10.5 Å². The van der Waals surface area contributed by atoms with Gasteiger partial charge in [0.05, 0.1) is 11.1 Å². The number of aromatic hydroxyl groups is 1. The van der Waals surface area contributed by atoms with Crippen LogP contribution in [-0.4, -0.2) is 31.8 Å². The van der Waals surface area contributed by atoms with E-state index in [-0.39, 0.29) is 17.3 Å². The lowest BCUT2D eigenvalue weighted by Crippen LogP contribution is -2.03. The average molecular weight is 251 g/mol. The van der Waals surface area contributed by atoms with Crippen LogP contribution in [0.25, 0.3) is 0 Å². The van der Waals surface area contributed by atoms with Crippen molar-refractivity contribution in [3.8, 4) is 5.75 Å². The number of aliphatic imine (C=N–C) groups is 1. The molecular weight excluding hydrogens is 238 g/mol. The summed E-state index contributed by atoms with van der Waals surface area (Å²) in [5.74, 6) is 0.0858. The minimum Gasteiger partial charge on any atom is -0.506 e. The fraction of sp³-hybridized carbons (Fsp3) is 0.250. The second-order valence-electron chi connectivity index (χ2n) is 3.74. The summed E-state index contributed by atoms with van der Waals surface area (Å²) >= 11 is 0. The van der Waals surface area contributed by atoms with Crippen molar-refractivity contribution in [2.24, 2.45) is 4.99 Å². The second kappa shape index (κ2) is 4.81. The summed E-state index contributed by atoms with van der Waals surface area (Å²) in [5, 5.41) is 21.2. The Morgan fingerprint density at radius 1 is 1.47 bits per heavy atom. The Morgan fingerprint density at radius 3 is 2.76 bits per heavy atom. The van der Waals surface area contributed by atoms with Crippen molar-refractivity contribution < 1.29 is 15.0 Å². The summed E-state index contributed by atoms with van der Waals surface area (Å²) in [6.45, 7) is 1.74.